The molecule has 2 amide bonds. The Morgan fingerprint density at radius 2 is 1.77 bits per heavy atom. The van der Waals surface area contributed by atoms with E-state index in [2.05, 4.69) is 6.58 Å². The molecule has 13 heavy (non-hydrogen) atoms. The summed E-state index contributed by atoms with van der Waals surface area (Å²) in [5.41, 5.74) is -0.938. The molecule has 0 aromatic carbocycles. The second-order valence-electron chi connectivity index (χ2n) is 2.66. The number of hydrogen-bond donors (Lipinski definition) is 1. The summed E-state index contributed by atoms with van der Waals surface area (Å²) in [4.78, 5) is 32.3. The largest absolute Gasteiger partial charge is 0.540 e. The molecule has 1 N–H and O–H groups in total. The van der Waals surface area contributed by atoms with Gasteiger partial charge in [-0.3, -0.25) is 0 Å². The highest BCUT2D eigenvalue weighted by atomic mass is 16.6. The van der Waals surface area contributed by atoms with E-state index >= 15 is 0 Å². The van der Waals surface area contributed by atoms with Gasteiger partial charge in [0.1, 0.15) is 5.97 Å². The number of likely N-dealkylation sites (tertiary alicyclic amines) is 1. The van der Waals surface area contributed by atoms with Crippen LogP contribution in [0.4, 0.5) is 0 Å². The first-order valence-corrected chi connectivity index (χ1v) is 3.50. The molecule has 0 atom stereocenters. The van der Waals surface area contributed by atoms with Crippen LogP contribution in [0.25, 0.3) is 0 Å². The number of quaternary nitrogens is 1. The average Bonchev–Trinajstić information content (AvgIpc) is 2.32. The van der Waals surface area contributed by atoms with Gasteiger partial charge in [-0.25, -0.2) is 9.59 Å². The van der Waals surface area contributed by atoms with E-state index in [0.29, 0.717) is 0 Å². The Bertz CT molecular complexity index is 303. The second-order valence-corrected chi connectivity index (χ2v) is 2.66. The van der Waals surface area contributed by atoms with Gasteiger partial charge in [0.2, 0.25) is 0 Å². The van der Waals surface area contributed by atoms with Gasteiger partial charge in [0.15, 0.2) is 5.70 Å². The molecule has 70 valence electrons. The predicted molar refractivity (Wildman–Crippen MR) is 35.4 cm³/mol. The van der Waals surface area contributed by atoms with Crippen LogP contribution in [0.5, 0.6) is 0 Å². The molecular formula is C7H7NO5. The molecule has 1 heterocycles. The van der Waals surface area contributed by atoms with Crippen LogP contribution in [0.1, 0.15) is 12.8 Å². The van der Waals surface area contributed by atoms with Gasteiger partial charge in [-0.2, -0.15) is 5.21 Å². The first-order chi connectivity index (χ1) is 5.90. The van der Waals surface area contributed by atoms with Crippen LogP contribution in [-0.4, -0.2) is 27.6 Å². The first kappa shape index (κ1) is 9.56. The number of carbonyl (C=O) groups excluding carboxylic acids is 3. The molecule has 0 aromatic rings. The molecule has 0 aliphatic carbocycles. The number of aliphatic carboxylic acids is 1. The highest BCUT2D eigenvalue weighted by Crippen LogP contribution is 2.24. The summed E-state index contributed by atoms with van der Waals surface area (Å²) in [7, 11) is 0. The summed E-state index contributed by atoms with van der Waals surface area (Å²) in [5.74, 6) is -3.59. The van der Waals surface area contributed by atoms with Crippen LogP contribution in [0.15, 0.2) is 12.3 Å². The number of hydrogen-bond acceptors (Lipinski definition) is 5. The van der Waals surface area contributed by atoms with Gasteiger partial charge in [0, 0.05) is 0 Å². The zero-order chi connectivity index (χ0) is 10.2. The van der Waals surface area contributed by atoms with Crippen molar-refractivity contribution in [3.05, 3.63) is 12.3 Å². The Hall–Kier alpha value is -1.53. The van der Waals surface area contributed by atoms with Crippen LogP contribution in [0.2, 0.25) is 0 Å². The Labute approximate surface area is 73.2 Å². The van der Waals surface area contributed by atoms with E-state index in [4.69, 9.17) is 0 Å². The zero-order valence-corrected chi connectivity index (χ0v) is 6.65. The Morgan fingerprint density at radius 3 is 2.08 bits per heavy atom. The van der Waals surface area contributed by atoms with Crippen molar-refractivity contribution >= 4 is 17.8 Å². The van der Waals surface area contributed by atoms with Gasteiger partial charge in [0.25, 0.3) is 0 Å². The Balaban J connectivity index is 3.12. The fraction of sp³-hybridized carbons (Fsp3) is 0.286. The summed E-state index contributed by atoms with van der Waals surface area (Å²) in [6.07, 6.45) is -0.358. The lowest BCUT2D eigenvalue weighted by atomic mass is 10.4. The molecule has 1 rings (SSSR count). The van der Waals surface area contributed by atoms with Crippen LogP contribution in [0.3, 0.4) is 0 Å². The number of carboxylic acid groups (broad SMARTS) is 1. The third kappa shape index (κ3) is 1.16. The van der Waals surface area contributed by atoms with E-state index in [1.54, 1.807) is 0 Å². The molecule has 0 bridgehead atoms. The molecule has 6 nitrogen and oxygen atoms in total. The fourth-order valence-corrected chi connectivity index (χ4v) is 1.11. The normalized spacial score (nSPS) is 20.4. The van der Waals surface area contributed by atoms with Gasteiger partial charge in [-0.15, -0.1) is 0 Å². The van der Waals surface area contributed by atoms with E-state index in [9.17, 15) is 24.7 Å². The molecule has 0 spiro atoms. The minimum Gasteiger partial charge on any atom is -0.540 e. The van der Waals surface area contributed by atoms with Crippen molar-refractivity contribution in [1.82, 2.24) is 0 Å². The number of hydroxylamine groups is 3. The summed E-state index contributed by atoms with van der Waals surface area (Å²) in [6.45, 7) is 2.93. The molecule has 1 aliphatic heterocycles. The maximum Gasteiger partial charge on any atom is 0.359 e. The van der Waals surface area contributed by atoms with Crippen LogP contribution < -0.4 is 5.11 Å². The van der Waals surface area contributed by atoms with Crippen molar-refractivity contribution in [1.29, 1.82) is 0 Å². The Kier molecular flexibility index (Phi) is 2.02. The number of carbonyl (C=O) groups is 3. The van der Waals surface area contributed by atoms with E-state index in [1.165, 1.54) is 0 Å². The maximum atomic E-state index is 11.0. The van der Waals surface area contributed by atoms with Crippen molar-refractivity contribution < 1.29 is 29.3 Å². The molecular weight excluding hydrogens is 178 g/mol. The molecule has 0 saturated carbocycles. The smallest absolute Gasteiger partial charge is 0.359 e. The highest BCUT2D eigenvalue weighted by molar-refractivity contribution is 5.97. The molecule has 0 radical (unpaired) electrons. The number of nitrogens with zero attached hydrogens (tertiary/aromatic N) is 1. The molecule has 6 heteroatoms. The maximum absolute atomic E-state index is 11.0. The first-order valence-electron chi connectivity index (χ1n) is 3.50. The number of rotatable bonds is 2. The minimum atomic E-state index is -1.84. The summed E-state index contributed by atoms with van der Waals surface area (Å²) >= 11 is 0. The van der Waals surface area contributed by atoms with Crippen molar-refractivity contribution in [2.24, 2.45) is 0 Å². The number of imide groups is 1. The SMILES string of the molecule is C=C(C(=O)[O-])[N+]1(O)C(=O)CCC1=O. The second kappa shape index (κ2) is 2.75. The third-order valence-electron chi connectivity index (χ3n) is 1.90. The van der Waals surface area contributed by atoms with Gasteiger partial charge in [-0.1, -0.05) is 0 Å². The average molecular weight is 185 g/mol. The lowest BCUT2D eigenvalue weighted by molar-refractivity contribution is -0.936. The lowest BCUT2D eigenvalue weighted by Gasteiger charge is -2.20. The van der Waals surface area contributed by atoms with E-state index in [1.807, 2.05) is 0 Å². The van der Waals surface area contributed by atoms with E-state index in [-0.39, 0.29) is 12.8 Å². The topological polar surface area (TPSA) is 94.5 Å². The summed E-state index contributed by atoms with van der Waals surface area (Å²) < 4.78 is -1.84. The van der Waals surface area contributed by atoms with Crippen LogP contribution in [0, 0.1) is 0 Å². The highest BCUT2D eigenvalue weighted by Gasteiger charge is 2.53. The fourth-order valence-electron chi connectivity index (χ4n) is 1.11. The van der Waals surface area contributed by atoms with Crippen molar-refractivity contribution in [2.45, 2.75) is 12.8 Å². The Morgan fingerprint density at radius 1 is 1.38 bits per heavy atom. The number of carboxylic acids is 1. The monoisotopic (exact) mass is 185 g/mol. The van der Waals surface area contributed by atoms with Crippen molar-refractivity contribution in [2.75, 3.05) is 0 Å². The predicted octanol–water partition coefficient (Wildman–Crippen LogP) is -1.70. The van der Waals surface area contributed by atoms with Crippen molar-refractivity contribution in [3.63, 3.8) is 0 Å². The van der Waals surface area contributed by atoms with Crippen LogP contribution in [-0.2, 0) is 14.4 Å². The molecule has 0 aromatic heterocycles. The lowest BCUT2D eigenvalue weighted by Crippen LogP contribution is -2.52. The number of amides is 2. The summed E-state index contributed by atoms with van der Waals surface area (Å²) in [6, 6.07) is 0. The quantitative estimate of drug-likeness (QED) is 0.239. The van der Waals surface area contributed by atoms with Gasteiger partial charge in [-0.05, 0) is 11.2 Å². The van der Waals surface area contributed by atoms with E-state index in [0.717, 1.165) is 0 Å². The van der Waals surface area contributed by atoms with Crippen LogP contribution >= 0.6 is 0 Å². The van der Waals surface area contributed by atoms with Gasteiger partial charge in [0.05, 0.1) is 12.8 Å². The summed E-state index contributed by atoms with van der Waals surface area (Å²) in [5, 5.41) is 19.7. The molecule has 0 unspecified atom stereocenters. The van der Waals surface area contributed by atoms with Crippen molar-refractivity contribution in [3.8, 4) is 0 Å². The zero-order valence-electron chi connectivity index (χ0n) is 6.65. The van der Waals surface area contributed by atoms with Gasteiger partial charge < -0.3 is 9.90 Å². The molecule has 1 saturated heterocycles. The minimum absolute atomic E-state index is 0.179. The van der Waals surface area contributed by atoms with Gasteiger partial charge >= 0.3 is 11.8 Å². The molecule has 1 fully saturated rings. The standard InChI is InChI=1S/C7H7NO5/c1-4(7(11)12)8(13)5(9)2-3-6(8)10/h13H,1-3H2. The molecule has 1 aliphatic rings. The van der Waals surface area contributed by atoms with E-state index < -0.39 is 28.1 Å². The third-order valence-corrected chi connectivity index (χ3v) is 1.90.